The van der Waals surface area contributed by atoms with Gasteiger partial charge < -0.3 is 14.3 Å². The van der Waals surface area contributed by atoms with E-state index < -0.39 is 0 Å². The van der Waals surface area contributed by atoms with E-state index in [1.165, 1.54) is 36.6 Å². The van der Waals surface area contributed by atoms with Gasteiger partial charge in [0.2, 0.25) is 5.91 Å². The number of thioether (sulfide) groups is 1. The second-order valence-electron chi connectivity index (χ2n) is 9.13. The molecular formula is C27H29N3O3S2. The van der Waals surface area contributed by atoms with Crippen molar-refractivity contribution in [2.24, 2.45) is 0 Å². The van der Waals surface area contributed by atoms with E-state index in [0.29, 0.717) is 21.5 Å². The molecule has 1 saturated carbocycles. The number of amides is 2. The maximum absolute atomic E-state index is 13.1. The summed E-state index contributed by atoms with van der Waals surface area (Å²) >= 11 is 6.79. The van der Waals surface area contributed by atoms with Crippen LogP contribution in [0.1, 0.15) is 55.9 Å². The molecule has 0 spiro atoms. The normalized spacial score (nSPS) is 18.2. The first-order valence-corrected chi connectivity index (χ1v) is 13.4. The van der Waals surface area contributed by atoms with E-state index >= 15 is 0 Å². The zero-order valence-corrected chi connectivity index (χ0v) is 21.4. The molecular weight excluding hydrogens is 478 g/mol. The summed E-state index contributed by atoms with van der Waals surface area (Å²) in [5.41, 5.74) is 3.14. The third kappa shape index (κ3) is 5.09. The predicted octanol–water partition coefficient (Wildman–Crippen LogP) is 5.65. The Morgan fingerprint density at radius 2 is 2.06 bits per heavy atom. The zero-order valence-electron chi connectivity index (χ0n) is 19.8. The van der Waals surface area contributed by atoms with Gasteiger partial charge in [0.15, 0.2) is 0 Å². The molecule has 0 atom stereocenters. The number of para-hydroxylation sites is 1. The van der Waals surface area contributed by atoms with Crippen LogP contribution in [0.15, 0.2) is 52.1 Å². The lowest BCUT2D eigenvalue weighted by Gasteiger charge is -2.23. The lowest BCUT2D eigenvalue weighted by Crippen LogP contribution is -2.38. The number of aromatic nitrogens is 1. The summed E-state index contributed by atoms with van der Waals surface area (Å²) < 4.78 is 7.95. The van der Waals surface area contributed by atoms with E-state index in [1.807, 2.05) is 29.0 Å². The fourth-order valence-corrected chi connectivity index (χ4v) is 6.25. The molecule has 2 aromatic heterocycles. The highest BCUT2D eigenvalue weighted by atomic mass is 32.2. The highest BCUT2D eigenvalue weighted by molar-refractivity contribution is 8.26. The number of hydrogen-bond acceptors (Lipinski definition) is 5. The molecule has 1 aromatic carbocycles. The first-order chi connectivity index (χ1) is 17.0. The second-order valence-corrected chi connectivity index (χ2v) is 10.8. The zero-order chi connectivity index (χ0) is 24.4. The third-order valence-electron chi connectivity index (χ3n) is 6.73. The molecule has 1 saturated heterocycles. The Morgan fingerprint density at radius 3 is 2.80 bits per heavy atom. The van der Waals surface area contributed by atoms with Crippen molar-refractivity contribution in [3.05, 3.63) is 64.6 Å². The molecule has 2 amide bonds. The van der Waals surface area contributed by atoms with Crippen LogP contribution in [0.2, 0.25) is 0 Å². The summed E-state index contributed by atoms with van der Waals surface area (Å²) in [4.78, 5) is 28.2. The second kappa shape index (κ2) is 10.4. The van der Waals surface area contributed by atoms with Crippen LogP contribution in [0.5, 0.6) is 0 Å². The van der Waals surface area contributed by atoms with Crippen LogP contribution in [0.4, 0.5) is 0 Å². The summed E-state index contributed by atoms with van der Waals surface area (Å²) in [6.45, 7) is 2.70. The minimum absolute atomic E-state index is 0.0380. The maximum Gasteiger partial charge on any atom is 0.266 e. The molecule has 0 unspecified atom stereocenters. The molecule has 6 nitrogen and oxygen atoms in total. The quantitative estimate of drug-likeness (QED) is 0.331. The number of nitrogens with zero attached hydrogens (tertiary/aromatic N) is 2. The molecule has 8 heteroatoms. The van der Waals surface area contributed by atoms with E-state index in [-0.39, 0.29) is 24.4 Å². The SMILES string of the molecule is CCc1cccc2c(/C=C3\SC(=S)N(Cc4ccco4)C3=O)cn(CC(=O)NC3CCCCC3)c12. The predicted molar refractivity (Wildman–Crippen MR) is 144 cm³/mol. The van der Waals surface area contributed by atoms with E-state index in [2.05, 4.69) is 24.4 Å². The van der Waals surface area contributed by atoms with Crippen molar-refractivity contribution >= 4 is 57.1 Å². The van der Waals surface area contributed by atoms with Crippen molar-refractivity contribution in [1.82, 2.24) is 14.8 Å². The fourth-order valence-electron chi connectivity index (χ4n) is 5.00. The molecule has 3 aromatic rings. The summed E-state index contributed by atoms with van der Waals surface area (Å²) in [6, 6.07) is 10.1. The topological polar surface area (TPSA) is 67.5 Å². The van der Waals surface area contributed by atoms with Gasteiger partial charge in [0.25, 0.3) is 5.91 Å². The Kier molecular flexibility index (Phi) is 7.11. The molecule has 0 bridgehead atoms. The smallest absolute Gasteiger partial charge is 0.266 e. The fraction of sp³-hybridized carbons (Fsp3) is 0.370. The monoisotopic (exact) mass is 507 g/mol. The summed E-state index contributed by atoms with van der Waals surface area (Å²) in [6.07, 6.45) is 12.1. The molecule has 35 heavy (non-hydrogen) atoms. The number of nitrogens with one attached hydrogen (secondary N) is 1. The molecule has 1 aliphatic carbocycles. The number of carbonyl (C=O) groups excluding carboxylic acids is 2. The molecule has 1 aliphatic heterocycles. The van der Waals surface area contributed by atoms with Crippen LogP contribution in [-0.2, 0) is 29.1 Å². The lowest BCUT2D eigenvalue weighted by molar-refractivity contribution is -0.123. The van der Waals surface area contributed by atoms with Gasteiger partial charge in [0.05, 0.1) is 23.2 Å². The van der Waals surface area contributed by atoms with Gasteiger partial charge in [-0.3, -0.25) is 14.5 Å². The Morgan fingerprint density at radius 1 is 1.23 bits per heavy atom. The lowest BCUT2D eigenvalue weighted by atomic mass is 9.95. The Labute approximate surface area is 214 Å². The van der Waals surface area contributed by atoms with Gasteiger partial charge in [-0.2, -0.15) is 0 Å². The molecule has 2 aliphatic rings. The van der Waals surface area contributed by atoms with Crippen molar-refractivity contribution in [2.45, 2.75) is 64.6 Å². The molecule has 2 fully saturated rings. The van der Waals surface area contributed by atoms with Crippen LogP contribution in [0, 0.1) is 0 Å². The third-order valence-corrected chi connectivity index (χ3v) is 8.11. The Bertz CT molecular complexity index is 1290. The van der Waals surface area contributed by atoms with Gasteiger partial charge in [0.1, 0.15) is 16.6 Å². The number of fused-ring (bicyclic) bond motifs is 1. The largest absolute Gasteiger partial charge is 0.467 e. The van der Waals surface area contributed by atoms with Crippen LogP contribution < -0.4 is 5.32 Å². The molecule has 0 radical (unpaired) electrons. The van der Waals surface area contributed by atoms with Crippen LogP contribution in [0.25, 0.3) is 17.0 Å². The first kappa shape index (κ1) is 23.9. The van der Waals surface area contributed by atoms with Gasteiger partial charge in [-0.25, -0.2) is 0 Å². The average molecular weight is 508 g/mol. The number of aryl methyl sites for hydroxylation is 1. The van der Waals surface area contributed by atoms with Gasteiger partial charge in [0, 0.05) is 23.2 Å². The molecule has 5 rings (SSSR count). The van der Waals surface area contributed by atoms with Crippen molar-refractivity contribution < 1.29 is 14.0 Å². The minimum atomic E-state index is -0.126. The van der Waals surface area contributed by atoms with Crippen molar-refractivity contribution in [1.29, 1.82) is 0 Å². The average Bonchev–Trinajstić information content (AvgIpc) is 3.56. The van der Waals surface area contributed by atoms with E-state index in [9.17, 15) is 9.59 Å². The summed E-state index contributed by atoms with van der Waals surface area (Å²) in [7, 11) is 0. The minimum Gasteiger partial charge on any atom is -0.467 e. The molecule has 1 N–H and O–H groups in total. The van der Waals surface area contributed by atoms with E-state index in [0.717, 1.165) is 35.7 Å². The number of benzene rings is 1. The van der Waals surface area contributed by atoms with Gasteiger partial charge in [-0.05, 0) is 43.0 Å². The van der Waals surface area contributed by atoms with Crippen LogP contribution >= 0.6 is 24.0 Å². The van der Waals surface area contributed by atoms with Gasteiger partial charge in [-0.15, -0.1) is 0 Å². The number of furan rings is 1. The summed E-state index contributed by atoms with van der Waals surface area (Å²) in [5.74, 6) is 0.603. The number of hydrogen-bond donors (Lipinski definition) is 1. The molecule has 182 valence electrons. The highest BCUT2D eigenvalue weighted by Crippen LogP contribution is 2.36. The Hall–Kier alpha value is -2.84. The van der Waals surface area contributed by atoms with Crippen molar-refractivity contribution in [3.63, 3.8) is 0 Å². The van der Waals surface area contributed by atoms with Crippen LogP contribution in [-0.4, -0.2) is 31.6 Å². The van der Waals surface area contributed by atoms with E-state index in [4.69, 9.17) is 16.6 Å². The highest BCUT2D eigenvalue weighted by Gasteiger charge is 2.33. The Balaban J connectivity index is 1.43. The number of rotatable bonds is 7. The summed E-state index contributed by atoms with van der Waals surface area (Å²) in [5, 5.41) is 4.26. The molecule has 3 heterocycles. The van der Waals surface area contributed by atoms with Gasteiger partial charge >= 0.3 is 0 Å². The van der Waals surface area contributed by atoms with Crippen molar-refractivity contribution in [3.8, 4) is 0 Å². The number of thiocarbonyl (C=S) groups is 1. The number of carbonyl (C=O) groups is 2. The maximum atomic E-state index is 13.1. The van der Waals surface area contributed by atoms with Crippen molar-refractivity contribution in [2.75, 3.05) is 0 Å². The standard InChI is InChI=1S/C27H29N3O3S2/c1-2-18-8-6-12-22-19(14-23-26(32)30(27(34)35-23)16-21-11-7-13-33-21)15-29(25(18)22)17-24(31)28-20-9-4-3-5-10-20/h6-8,11-15,20H,2-5,9-10,16-17H2,1H3,(H,28,31)/b23-14-. The van der Waals surface area contributed by atoms with E-state index in [1.54, 1.807) is 17.2 Å². The van der Waals surface area contributed by atoms with Gasteiger partial charge in [-0.1, -0.05) is 68.4 Å². The van der Waals surface area contributed by atoms with Crippen LogP contribution in [0.3, 0.4) is 0 Å². The first-order valence-electron chi connectivity index (χ1n) is 12.2.